The lowest BCUT2D eigenvalue weighted by molar-refractivity contribution is -0.140. The number of carbonyl (C=O) groups excluding carboxylic acids is 1. The van der Waals surface area contributed by atoms with Crippen molar-refractivity contribution in [2.24, 2.45) is 0 Å². The fourth-order valence-electron chi connectivity index (χ4n) is 2.11. The molecule has 0 bridgehead atoms. The first kappa shape index (κ1) is 13.1. The lowest BCUT2D eigenvalue weighted by Crippen LogP contribution is -2.17. The zero-order valence-corrected chi connectivity index (χ0v) is 10.8. The van der Waals surface area contributed by atoms with Gasteiger partial charge in [0.2, 0.25) is 0 Å². The molecule has 100 valence electrons. The number of aromatic nitrogens is 3. The summed E-state index contributed by atoms with van der Waals surface area (Å²) in [6.07, 6.45) is 3.38. The summed E-state index contributed by atoms with van der Waals surface area (Å²) in [5, 5.41) is 5.30. The second-order valence-corrected chi connectivity index (χ2v) is 4.23. The van der Waals surface area contributed by atoms with Gasteiger partial charge in [0.1, 0.15) is 0 Å². The van der Waals surface area contributed by atoms with Gasteiger partial charge >= 0.3 is 5.97 Å². The van der Waals surface area contributed by atoms with Crippen molar-refractivity contribution >= 4 is 5.97 Å². The van der Waals surface area contributed by atoms with E-state index in [4.69, 9.17) is 4.74 Å². The number of nitrogens with one attached hydrogen (secondary N) is 2. The summed E-state index contributed by atoms with van der Waals surface area (Å²) in [6, 6.07) is 3.58. The molecule has 2 N–H and O–H groups in total. The second-order valence-electron chi connectivity index (χ2n) is 4.23. The maximum Gasteiger partial charge on any atom is 0.306 e. The van der Waals surface area contributed by atoms with Crippen LogP contribution in [-0.2, 0) is 9.53 Å². The highest BCUT2D eigenvalue weighted by molar-refractivity contribution is 5.71. The molecule has 0 radical (unpaired) electrons. The maximum atomic E-state index is 11.9. The highest BCUT2D eigenvalue weighted by Gasteiger charge is 2.24. The minimum Gasteiger partial charge on any atom is -0.469 e. The van der Waals surface area contributed by atoms with Crippen molar-refractivity contribution in [2.75, 3.05) is 7.11 Å². The SMILES string of the molecule is COC(=O)C[C@H](c1ccncc1)c1c(C)[nH][nH]c1=O. The standard InChI is InChI=1S/C13H15N3O3/c1-8-12(13(18)16-15-8)10(7-11(17)19-2)9-3-5-14-6-4-9/h3-6,10H,7H2,1-2H3,(H2,15,16,18)/t10-/m1/s1. The molecule has 0 aliphatic rings. The average Bonchev–Trinajstić information content (AvgIpc) is 2.76. The summed E-state index contributed by atoms with van der Waals surface area (Å²) < 4.78 is 4.70. The molecule has 0 spiro atoms. The Morgan fingerprint density at radius 3 is 2.58 bits per heavy atom. The van der Waals surface area contributed by atoms with Gasteiger partial charge in [-0.2, -0.15) is 0 Å². The Bertz CT molecular complexity index is 616. The van der Waals surface area contributed by atoms with E-state index in [2.05, 4.69) is 15.2 Å². The predicted octanol–water partition coefficient (Wildman–Crippen LogP) is 1.10. The molecular formula is C13H15N3O3. The van der Waals surface area contributed by atoms with Gasteiger partial charge in [0, 0.05) is 29.6 Å². The van der Waals surface area contributed by atoms with E-state index in [1.165, 1.54) is 7.11 Å². The largest absolute Gasteiger partial charge is 0.469 e. The van der Waals surface area contributed by atoms with Crippen molar-refractivity contribution in [1.29, 1.82) is 0 Å². The summed E-state index contributed by atoms with van der Waals surface area (Å²) in [5.74, 6) is -0.702. The molecular weight excluding hydrogens is 246 g/mol. The van der Waals surface area contributed by atoms with Gasteiger partial charge in [0.05, 0.1) is 13.5 Å². The lowest BCUT2D eigenvalue weighted by Gasteiger charge is -2.14. The minimum absolute atomic E-state index is 0.113. The van der Waals surface area contributed by atoms with Crippen molar-refractivity contribution in [3.8, 4) is 0 Å². The van der Waals surface area contributed by atoms with Gasteiger partial charge in [-0.25, -0.2) is 0 Å². The van der Waals surface area contributed by atoms with Crippen molar-refractivity contribution in [1.82, 2.24) is 15.2 Å². The monoisotopic (exact) mass is 261 g/mol. The number of hydrogen-bond acceptors (Lipinski definition) is 4. The Kier molecular flexibility index (Phi) is 3.79. The first-order valence-electron chi connectivity index (χ1n) is 5.87. The highest BCUT2D eigenvalue weighted by atomic mass is 16.5. The maximum absolute atomic E-state index is 11.9. The first-order chi connectivity index (χ1) is 9.13. The van der Waals surface area contributed by atoms with E-state index >= 15 is 0 Å². The molecule has 0 amide bonds. The molecule has 2 rings (SSSR count). The van der Waals surface area contributed by atoms with E-state index in [-0.39, 0.29) is 23.9 Å². The van der Waals surface area contributed by atoms with Crippen LogP contribution in [0.15, 0.2) is 29.3 Å². The summed E-state index contributed by atoms with van der Waals surface area (Å²) in [7, 11) is 1.33. The third-order valence-electron chi connectivity index (χ3n) is 3.07. The summed E-state index contributed by atoms with van der Waals surface area (Å²) in [5.41, 5.74) is 1.91. The molecule has 0 unspecified atom stereocenters. The van der Waals surface area contributed by atoms with Crippen LogP contribution in [0.5, 0.6) is 0 Å². The summed E-state index contributed by atoms with van der Waals surface area (Å²) >= 11 is 0. The molecule has 2 heterocycles. The van der Waals surface area contributed by atoms with Crippen LogP contribution in [0.3, 0.4) is 0 Å². The molecule has 0 saturated carbocycles. The quantitative estimate of drug-likeness (QED) is 0.807. The normalized spacial score (nSPS) is 12.1. The van der Waals surface area contributed by atoms with Gasteiger partial charge in [0.15, 0.2) is 0 Å². The number of methoxy groups -OCH3 is 1. The molecule has 6 nitrogen and oxygen atoms in total. The predicted molar refractivity (Wildman–Crippen MR) is 68.9 cm³/mol. The number of hydrogen-bond donors (Lipinski definition) is 2. The van der Waals surface area contributed by atoms with Gasteiger partial charge in [-0.1, -0.05) is 0 Å². The Morgan fingerprint density at radius 2 is 2.05 bits per heavy atom. The molecule has 6 heteroatoms. The van der Waals surface area contributed by atoms with Crippen LogP contribution in [0, 0.1) is 6.92 Å². The van der Waals surface area contributed by atoms with E-state index in [9.17, 15) is 9.59 Å². The fraction of sp³-hybridized carbons (Fsp3) is 0.308. The van der Waals surface area contributed by atoms with Crippen LogP contribution < -0.4 is 5.56 Å². The van der Waals surface area contributed by atoms with E-state index in [0.717, 1.165) is 11.3 Å². The van der Waals surface area contributed by atoms with E-state index in [1.807, 2.05) is 0 Å². The third-order valence-corrected chi connectivity index (χ3v) is 3.07. The fourth-order valence-corrected chi connectivity index (χ4v) is 2.11. The molecule has 0 saturated heterocycles. The topological polar surface area (TPSA) is 87.8 Å². The molecule has 2 aromatic heterocycles. The number of aromatic amines is 2. The van der Waals surface area contributed by atoms with Crippen molar-refractivity contribution in [2.45, 2.75) is 19.3 Å². The number of carbonyl (C=O) groups is 1. The van der Waals surface area contributed by atoms with Crippen LogP contribution in [0.2, 0.25) is 0 Å². The van der Waals surface area contributed by atoms with E-state index in [1.54, 1.807) is 31.5 Å². The highest BCUT2D eigenvalue weighted by Crippen LogP contribution is 2.27. The van der Waals surface area contributed by atoms with Crippen molar-refractivity contribution in [3.63, 3.8) is 0 Å². The van der Waals surface area contributed by atoms with Gasteiger partial charge in [-0.15, -0.1) is 0 Å². The first-order valence-corrected chi connectivity index (χ1v) is 5.87. The number of rotatable bonds is 4. The summed E-state index contributed by atoms with van der Waals surface area (Å²) in [4.78, 5) is 27.4. The van der Waals surface area contributed by atoms with Crippen LogP contribution in [0.25, 0.3) is 0 Å². The van der Waals surface area contributed by atoms with E-state index < -0.39 is 0 Å². The van der Waals surface area contributed by atoms with Crippen LogP contribution in [-0.4, -0.2) is 28.3 Å². The molecule has 0 aliphatic heterocycles. The summed E-state index contributed by atoms with van der Waals surface area (Å²) in [6.45, 7) is 1.79. The Balaban J connectivity index is 2.46. The van der Waals surface area contributed by atoms with Crippen LogP contribution in [0.1, 0.15) is 29.2 Å². The zero-order valence-electron chi connectivity index (χ0n) is 10.8. The molecule has 1 atom stereocenters. The lowest BCUT2D eigenvalue weighted by atomic mass is 9.89. The Labute approximate surface area is 109 Å². The van der Waals surface area contributed by atoms with Crippen molar-refractivity contribution < 1.29 is 9.53 Å². The number of H-pyrrole nitrogens is 2. The van der Waals surface area contributed by atoms with Gasteiger partial charge < -0.3 is 9.84 Å². The molecule has 0 aliphatic carbocycles. The van der Waals surface area contributed by atoms with Gasteiger partial charge in [-0.3, -0.25) is 19.7 Å². The van der Waals surface area contributed by atoms with E-state index in [0.29, 0.717) is 5.56 Å². The third kappa shape index (κ3) is 2.73. The van der Waals surface area contributed by atoms with Crippen LogP contribution in [0.4, 0.5) is 0 Å². The zero-order chi connectivity index (χ0) is 13.8. The number of ether oxygens (including phenoxy) is 1. The number of pyridine rings is 1. The second kappa shape index (κ2) is 5.51. The van der Waals surface area contributed by atoms with Gasteiger partial charge in [-0.05, 0) is 24.6 Å². The molecule has 0 fully saturated rings. The average molecular weight is 261 g/mol. The Hall–Kier alpha value is -2.37. The number of aryl methyl sites for hydroxylation is 1. The van der Waals surface area contributed by atoms with Gasteiger partial charge in [0.25, 0.3) is 5.56 Å². The number of esters is 1. The molecule has 0 aromatic carbocycles. The Morgan fingerprint density at radius 1 is 1.37 bits per heavy atom. The smallest absolute Gasteiger partial charge is 0.306 e. The molecule has 2 aromatic rings. The van der Waals surface area contributed by atoms with Crippen LogP contribution >= 0.6 is 0 Å². The molecule has 19 heavy (non-hydrogen) atoms. The van der Waals surface area contributed by atoms with Crippen molar-refractivity contribution in [3.05, 3.63) is 51.7 Å². The minimum atomic E-state index is -0.359. The number of nitrogens with zero attached hydrogens (tertiary/aromatic N) is 1.